The van der Waals surface area contributed by atoms with Crippen molar-refractivity contribution >= 4 is 15.9 Å². The summed E-state index contributed by atoms with van der Waals surface area (Å²) in [5.74, 6) is 0.817. The molecule has 1 aliphatic rings. The van der Waals surface area contributed by atoms with E-state index in [0.717, 1.165) is 5.56 Å². The summed E-state index contributed by atoms with van der Waals surface area (Å²) in [4.78, 5) is 12.4. The summed E-state index contributed by atoms with van der Waals surface area (Å²) in [7, 11) is -1.97. The zero-order valence-electron chi connectivity index (χ0n) is 17.0. The van der Waals surface area contributed by atoms with Crippen molar-refractivity contribution in [3.8, 4) is 11.5 Å². The maximum Gasteiger partial charge on any atom is 0.258 e. The van der Waals surface area contributed by atoms with Crippen LogP contribution in [0.4, 0.5) is 0 Å². The molecular formula is C21H26N2O6S. The Morgan fingerprint density at radius 1 is 1.13 bits per heavy atom. The highest BCUT2D eigenvalue weighted by Gasteiger charge is 2.26. The molecule has 3 rings (SSSR count). The van der Waals surface area contributed by atoms with Crippen molar-refractivity contribution in [1.82, 2.24) is 9.62 Å². The first-order valence-corrected chi connectivity index (χ1v) is 11.1. The molecule has 8 nitrogen and oxygen atoms in total. The molecule has 30 heavy (non-hydrogen) atoms. The lowest BCUT2D eigenvalue weighted by Gasteiger charge is -2.26. The third kappa shape index (κ3) is 5.29. The number of hydrogen-bond donors (Lipinski definition) is 1. The third-order valence-corrected chi connectivity index (χ3v) is 6.70. The van der Waals surface area contributed by atoms with Crippen LogP contribution in [0.1, 0.15) is 18.5 Å². The largest absolute Gasteiger partial charge is 0.496 e. The van der Waals surface area contributed by atoms with Crippen LogP contribution in [-0.4, -0.2) is 58.7 Å². The van der Waals surface area contributed by atoms with Gasteiger partial charge < -0.3 is 19.5 Å². The summed E-state index contributed by atoms with van der Waals surface area (Å²) in [6.07, 6.45) is 0. The van der Waals surface area contributed by atoms with E-state index in [4.69, 9.17) is 14.2 Å². The number of methoxy groups -OCH3 is 1. The maximum atomic E-state index is 12.6. The van der Waals surface area contributed by atoms with Crippen molar-refractivity contribution in [2.24, 2.45) is 0 Å². The number of benzene rings is 2. The van der Waals surface area contributed by atoms with Crippen molar-refractivity contribution in [1.29, 1.82) is 0 Å². The Balaban J connectivity index is 1.55. The van der Waals surface area contributed by atoms with Crippen LogP contribution in [0, 0.1) is 0 Å². The van der Waals surface area contributed by atoms with Crippen LogP contribution in [0.3, 0.4) is 0 Å². The minimum Gasteiger partial charge on any atom is -0.496 e. The quantitative estimate of drug-likeness (QED) is 0.683. The number of nitrogens with zero attached hydrogens (tertiary/aromatic N) is 1. The molecule has 9 heteroatoms. The van der Waals surface area contributed by atoms with Crippen LogP contribution in [0.2, 0.25) is 0 Å². The van der Waals surface area contributed by atoms with E-state index in [-0.39, 0.29) is 23.5 Å². The van der Waals surface area contributed by atoms with Crippen molar-refractivity contribution in [3.63, 3.8) is 0 Å². The van der Waals surface area contributed by atoms with Gasteiger partial charge in [-0.25, -0.2) is 8.42 Å². The van der Waals surface area contributed by atoms with Gasteiger partial charge in [0.05, 0.1) is 31.3 Å². The number of morpholine rings is 1. The highest BCUT2D eigenvalue weighted by Crippen LogP contribution is 2.24. The fourth-order valence-corrected chi connectivity index (χ4v) is 4.59. The zero-order valence-corrected chi connectivity index (χ0v) is 17.9. The smallest absolute Gasteiger partial charge is 0.258 e. The SMILES string of the molecule is COc1ccccc1C(C)NC(=O)COc1ccc(S(=O)(=O)N2CCOCC2)cc1. The number of ether oxygens (including phenoxy) is 3. The van der Waals surface area contributed by atoms with Crippen LogP contribution in [0.15, 0.2) is 53.4 Å². The van der Waals surface area contributed by atoms with Crippen LogP contribution < -0.4 is 14.8 Å². The Labute approximate surface area is 176 Å². The molecule has 0 radical (unpaired) electrons. The standard InChI is InChI=1S/C21H26N2O6S/c1-16(19-5-3-4-6-20(19)27-2)22-21(24)15-29-17-7-9-18(10-8-17)30(25,26)23-11-13-28-14-12-23/h3-10,16H,11-15H2,1-2H3,(H,22,24). The van der Waals surface area contributed by atoms with E-state index in [0.29, 0.717) is 37.8 Å². The lowest BCUT2D eigenvalue weighted by Crippen LogP contribution is -2.40. The molecule has 0 saturated carbocycles. The van der Waals surface area contributed by atoms with E-state index in [9.17, 15) is 13.2 Å². The van der Waals surface area contributed by atoms with E-state index < -0.39 is 10.0 Å². The first kappa shape index (κ1) is 22.1. The Kier molecular flexibility index (Phi) is 7.30. The topological polar surface area (TPSA) is 94.2 Å². The summed E-state index contributed by atoms with van der Waals surface area (Å²) in [5, 5.41) is 2.86. The molecule has 0 spiro atoms. The lowest BCUT2D eigenvalue weighted by atomic mass is 10.1. The fourth-order valence-electron chi connectivity index (χ4n) is 3.18. The van der Waals surface area contributed by atoms with Crippen LogP contribution in [0.25, 0.3) is 0 Å². The van der Waals surface area contributed by atoms with E-state index >= 15 is 0 Å². The molecule has 1 amide bonds. The number of nitrogens with one attached hydrogen (secondary N) is 1. The number of hydrogen-bond acceptors (Lipinski definition) is 6. The number of para-hydroxylation sites is 1. The van der Waals surface area contributed by atoms with Crippen LogP contribution in [-0.2, 0) is 19.6 Å². The average Bonchev–Trinajstić information content (AvgIpc) is 2.78. The maximum absolute atomic E-state index is 12.6. The summed E-state index contributed by atoms with van der Waals surface area (Å²) in [6.45, 7) is 3.14. The van der Waals surface area contributed by atoms with E-state index in [2.05, 4.69) is 5.32 Å². The molecule has 1 aliphatic heterocycles. The summed E-state index contributed by atoms with van der Waals surface area (Å²) in [5.41, 5.74) is 0.867. The number of carbonyl (C=O) groups is 1. The van der Waals surface area contributed by atoms with Crippen molar-refractivity contribution < 1.29 is 27.4 Å². The number of carbonyl (C=O) groups excluding carboxylic acids is 1. The number of sulfonamides is 1. The summed E-state index contributed by atoms with van der Waals surface area (Å²) >= 11 is 0. The second-order valence-corrected chi connectivity index (χ2v) is 8.75. The predicted molar refractivity (Wildman–Crippen MR) is 111 cm³/mol. The lowest BCUT2D eigenvalue weighted by molar-refractivity contribution is -0.123. The van der Waals surface area contributed by atoms with Crippen molar-refractivity contribution in [3.05, 3.63) is 54.1 Å². The van der Waals surface area contributed by atoms with Gasteiger partial charge in [0.1, 0.15) is 11.5 Å². The highest BCUT2D eigenvalue weighted by atomic mass is 32.2. The third-order valence-electron chi connectivity index (χ3n) is 4.78. The number of amides is 1. The zero-order chi connectivity index (χ0) is 21.6. The van der Waals surface area contributed by atoms with Gasteiger partial charge in [-0.3, -0.25) is 4.79 Å². The van der Waals surface area contributed by atoms with Gasteiger partial charge in [0.15, 0.2) is 6.61 Å². The second-order valence-electron chi connectivity index (χ2n) is 6.81. The molecule has 2 aromatic carbocycles. The summed E-state index contributed by atoms with van der Waals surface area (Å²) < 4.78 is 42.7. The molecule has 1 atom stereocenters. The normalized spacial score (nSPS) is 15.9. The molecule has 1 N–H and O–H groups in total. The Morgan fingerprint density at radius 3 is 2.47 bits per heavy atom. The minimum atomic E-state index is -3.56. The van der Waals surface area contributed by atoms with Gasteiger partial charge in [0, 0.05) is 18.7 Å². The van der Waals surface area contributed by atoms with Crippen LogP contribution >= 0.6 is 0 Å². The molecule has 0 aromatic heterocycles. The highest BCUT2D eigenvalue weighted by molar-refractivity contribution is 7.89. The van der Waals surface area contributed by atoms with E-state index in [1.54, 1.807) is 19.2 Å². The Bertz CT molecular complexity index is 956. The monoisotopic (exact) mass is 434 g/mol. The Morgan fingerprint density at radius 2 is 1.80 bits per heavy atom. The fraction of sp³-hybridized carbons (Fsp3) is 0.381. The van der Waals surface area contributed by atoms with Gasteiger partial charge >= 0.3 is 0 Å². The van der Waals surface area contributed by atoms with Crippen molar-refractivity contribution in [2.45, 2.75) is 17.9 Å². The summed E-state index contributed by atoms with van der Waals surface area (Å²) in [6, 6.07) is 13.3. The average molecular weight is 435 g/mol. The molecule has 1 heterocycles. The van der Waals surface area contributed by atoms with Gasteiger partial charge in [0.2, 0.25) is 10.0 Å². The second kappa shape index (κ2) is 9.92. The molecule has 1 fully saturated rings. The van der Waals surface area contributed by atoms with Gasteiger partial charge in [-0.1, -0.05) is 18.2 Å². The Hall–Kier alpha value is -2.62. The molecule has 162 valence electrons. The number of rotatable bonds is 8. The van der Waals surface area contributed by atoms with Crippen molar-refractivity contribution in [2.75, 3.05) is 40.0 Å². The molecule has 1 saturated heterocycles. The predicted octanol–water partition coefficient (Wildman–Crippen LogP) is 1.97. The molecule has 0 aliphatic carbocycles. The first-order valence-electron chi connectivity index (χ1n) is 9.65. The van der Waals surface area contributed by atoms with E-state index in [1.807, 2.05) is 31.2 Å². The molecular weight excluding hydrogens is 408 g/mol. The van der Waals surface area contributed by atoms with Gasteiger partial charge in [0.25, 0.3) is 5.91 Å². The molecule has 2 aromatic rings. The van der Waals surface area contributed by atoms with Gasteiger partial charge in [-0.05, 0) is 37.3 Å². The van der Waals surface area contributed by atoms with Gasteiger partial charge in [-0.15, -0.1) is 0 Å². The first-order chi connectivity index (χ1) is 14.4. The van der Waals surface area contributed by atoms with E-state index in [1.165, 1.54) is 16.4 Å². The molecule has 1 unspecified atom stereocenters. The van der Waals surface area contributed by atoms with Gasteiger partial charge in [-0.2, -0.15) is 4.31 Å². The van der Waals surface area contributed by atoms with Crippen LogP contribution in [0.5, 0.6) is 11.5 Å². The minimum absolute atomic E-state index is 0.185. The molecule has 0 bridgehead atoms.